The molecule has 1 aliphatic rings. The molecule has 3 aromatic carbocycles. The van der Waals surface area contributed by atoms with Crippen LogP contribution in [0.2, 0.25) is 0 Å². The summed E-state index contributed by atoms with van der Waals surface area (Å²) in [7, 11) is -2.90. The molecule has 0 spiro atoms. The number of benzene rings is 3. The summed E-state index contributed by atoms with van der Waals surface area (Å²) in [5.74, 6) is 0.631. The highest BCUT2D eigenvalue weighted by Gasteiger charge is 2.21. The van der Waals surface area contributed by atoms with Crippen molar-refractivity contribution in [1.82, 2.24) is 4.90 Å². The zero-order chi connectivity index (χ0) is 27.8. The molecule has 1 heterocycles. The number of rotatable bonds is 8. The van der Waals surface area contributed by atoms with E-state index in [0.29, 0.717) is 30.9 Å². The number of amides is 1. The molecule has 3 aromatic rings. The lowest BCUT2D eigenvalue weighted by molar-refractivity contribution is 0.102. The van der Waals surface area contributed by atoms with Gasteiger partial charge in [-0.2, -0.15) is 0 Å². The lowest BCUT2D eigenvalue weighted by Crippen LogP contribution is -2.39. The van der Waals surface area contributed by atoms with Gasteiger partial charge in [-0.15, -0.1) is 0 Å². The second kappa shape index (κ2) is 12.7. The maximum absolute atomic E-state index is 12.9. The first-order chi connectivity index (χ1) is 18.7. The maximum Gasteiger partial charge on any atom is 0.255 e. The van der Waals surface area contributed by atoms with E-state index in [-0.39, 0.29) is 29.3 Å². The summed E-state index contributed by atoms with van der Waals surface area (Å²) in [5.41, 5.74) is 11.2. The largest absolute Gasteiger partial charge is 0.369 e. The van der Waals surface area contributed by atoms with Crippen LogP contribution in [0.4, 0.5) is 11.4 Å². The van der Waals surface area contributed by atoms with Gasteiger partial charge in [-0.3, -0.25) is 9.69 Å². The number of nitrogens with zero attached hydrogens (tertiary/aromatic N) is 2. The van der Waals surface area contributed by atoms with Gasteiger partial charge in [0.05, 0.1) is 11.5 Å². The van der Waals surface area contributed by atoms with Crippen molar-refractivity contribution < 1.29 is 13.2 Å². The highest BCUT2D eigenvalue weighted by atomic mass is 32.2. The third-order valence-corrected chi connectivity index (χ3v) is 8.34. The Morgan fingerprint density at radius 3 is 2.41 bits per heavy atom. The molecule has 0 aromatic heterocycles. The summed E-state index contributed by atoms with van der Waals surface area (Å²) in [5, 5.41) is 6.05. The summed E-state index contributed by atoms with van der Waals surface area (Å²) in [6, 6.07) is 23.1. The number of sulfone groups is 1. The molecule has 1 amide bonds. The van der Waals surface area contributed by atoms with Gasteiger partial charge < -0.3 is 16.4 Å². The van der Waals surface area contributed by atoms with Crippen molar-refractivity contribution in [2.45, 2.75) is 26.3 Å². The zero-order valence-corrected chi connectivity index (χ0v) is 23.1. The molecule has 0 saturated carbocycles. The summed E-state index contributed by atoms with van der Waals surface area (Å²) in [6.45, 7) is 5.77. The first-order valence-corrected chi connectivity index (χ1v) is 14.8. The fraction of sp³-hybridized carbons (Fsp3) is 0.267. The Morgan fingerprint density at radius 2 is 1.72 bits per heavy atom. The fourth-order valence-corrected chi connectivity index (χ4v) is 5.53. The number of guanidine groups is 1. The number of hydrogen-bond acceptors (Lipinski definition) is 5. The van der Waals surface area contributed by atoms with Crippen LogP contribution in [0.25, 0.3) is 0 Å². The van der Waals surface area contributed by atoms with Crippen molar-refractivity contribution in [2.24, 2.45) is 10.7 Å². The number of aliphatic imine (C=N–C) groups is 1. The monoisotopic (exact) mass is 545 g/mol. The lowest BCUT2D eigenvalue weighted by atomic mass is 10.0. The number of anilines is 2. The molecule has 1 unspecified atom stereocenters. The highest BCUT2D eigenvalue weighted by molar-refractivity contribution is 7.91. The normalized spacial score (nSPS) is 16.6. The molecule has 4 N–H and O–H groups in total. The van der Waals surface area contributed by atoms with E-state index in [0.717, 1.165) is 16.8 Å². The summed E-state index contributed by atoms with van der Waals surface area (Å²) in [4.78, 5) is 19.3. The number of carbonyl (C=O) groups excluding carboxylic acids is 1. The quantitative estimate of drug-likeness (QED) is 0.283. The second-order valence-electron chi connectivity index (χ2n) is 9.79. The Kier molecular flexibility index (Phi) is 9.16. The van der Waals surface area contributed by atoms with E-state index < -0.39 is 9.84 Å². The van der Waals surface area contributed by atoms with Crippen LogP contribution >= 0.6 is 0 Å². The van der Waals surface area contributed by atoms with E-state index >= 15 is 0 Å². The van der Waals surface area contributed by atoms with E-state index in [4.69, 9.17) is 5.73 Å². The number of carbonyl (C=O) groups is 1. The molecule has 8 nitrogen and oxygen atoms in total. The standard InChI is InChI=1S/C30H35N5O3S/c1-22(25-6-4-3-5-7-25)14-15-32-30(31)34-28-20-27(13-8-23(28)2)33-29(36)26-11-9-24(10-12-26)21-35-16-18-39(37,38)19-17-35/h3-15,20,22H,16-19,21H2,1-2H3,(H,33,36)(H3,31,32,34)/b15-14-. The van der Waals surface area contributed by atoms with Crippen molar-refractivity contribution in [2.75, 3.05) is 35.2 Å². The molecule has 4 rings (SSSR count). The zero-order valence-electron chi connectivity index (χ0n) is 22.3. The predicted octanol–water partition coefficient (Wildman–Crippen LogP) is 4.52. The van der Waals surface area contributed by atoms with E-state index in [1.807, 2.05) is 61.5 Å². The average molecular weight is 546 g/mol. The Bertz CT molecular complexity index is 1440. The van der Waals surface area contributed by atoms with Gasteiger partial charge in [-0.25, -0.2) is 13.4 Å². The molecule has 1 atom stereocenters. The van der Waals surface area contributed by atoms with Crippen molar-refractivity contribution in [1.29, 1.82) is 0 Å². The van der Waals surface area contributed by atoms with E-state index in [2.05, 4.69) is 39.6 Å². The molecule has 0 radical (unpaired) electrons. The van der Waals surface area contributed by atoms with Crippen molar-refractivity contribution in [3.63, 3.8) is 0 Å². The van der Waals surface area contributed by atoms with Crippen LogP contribution in [0.5, 0.6) is 0 Å². The minimum Gasteiger partial charge on any atom is -0.369 e. The molecular formula is C30H35N5O3S. The van der Waals surface area contributed by atoms with Gasteiger partial charge in [0.2, 0.25) is 0 Å². The Morgan fingerprint density at radius 1 is 1.03 bits per heavy atom. The SMILES string of the molecule is Cc1ccc(NC(=O)c2ccc(CN3CCS(=O)(=O)CC3)cc2)cc1NC(N)=N/C=C\C(C)c1ccccc1. The van der Waals surface area contributed by atoms with Gasteiger partial charge >= 0.3 is 0 Å². The number of nitrogens with one attached hydrogen (secondary N) is 2. The molecule has 0 aliphatic carbocycles. The van der Waals surface area contributed by atoms with Crippen molar-refractivity contribution in [3.8, 4) is 0 Å². The number of hydrogen-bond donors (Lipinski definition) is 3. The fourth-order valence-electron chi connectivity index (χ4n) is 4.26. The number of aryl methyl sites for hydroxylation is 1. The van der Waals surface area contributed by atoms with Gasteiger partial charge in [0.15, 0.2) is 15.8 Å². The highest BCUT2D eigenvalue weighted by Crippen LogP contribution is 2.21. The summed E-state index contributed by atoms with van der Waals surface area (Å²) < 4.78 is 23.3. The summed E-state index contributed by atoms with van der Waals surface area (Å²) in [6.07, 6.45) is 3.67. The Labute approximate surface area is 230 Å². The van der Waals surface area contributed by atoms with Crippen molar-refractivity contribution in [3.05, 3.63) is 107 Å². The second-order valence-corrected chi connectivity index (χ2v) is 12.1. The lowest BCUT2D eigenvalue weighted by Gasteiger charge is -2.26. The first kappa shape index (κ1) is 28.1. The molecular weight excluding hydrogens is 510 g/mol. The van der Waals surface area contributed by atoms with E-state index in [9.17, 15) is 13.2 Å². The average Bonchev–Trinajstić information content (AvgIpc) is 2.92. The van der Waals surface area contributed by atoms with Gasteiger partial charge in [-0.05, 0) is 47.9 Å². The topological polar surface area (TPSA) is 117 Å². The van der Waals surface area contributed by atoms with Crippen LogP contribution in [0.1, 0.15) is 39.9 Å². The first-order valence-electron chi connectivity index (χ1n) is 12.9. The molecule has 39 heavy (non-hydrogen) atoms. The minimum absolute atomic E-state index is 0.197. The molecule has 0 bridgehead atoms. The smallest absolute Gasteiger partial charge is 0.255 e. The molecule has 204 valence electrons. The third kappa shape index (κ3) is 8.27. The van der Waals surface area contributed by atoms with Crippen LogP contribution < -0.4 is 16.4 Å². The van der Waals surface area contributed by atoms with E-state index in [1.54, 1.807) is 18.3 Å². The predicted molar refractivity (Wildman–Crippen MR) is 159 cm³/mol. The van der Waals surface area contributed by atoms with Crippen LogP contribution in [0.3, 0.4) is 0 Å². The Hall–Kier alpha value is -3.95. The molecule has 1 fully saturated rings. The minimum atomic E-state index is -2.90. The van der Waals surface area contributed by atoms with Gasteiger partial charge in [0.25, 0.3) is 5.91 Å². The van der Waals surface area contributed by atoms with Crippen LogP contribution in [-0.2, 0) is 16.4 Å². The maximum atomic E-state index is 12.9. The molecule has 1 saturated heterocycles. The summed E-state index contributed by atoms with van der Waals surface area (Å²) >= 11 is 0. The Balaban J connectivity index is 1.33. The number of nitrogens with two attached hydrogens (primary N) is 1. The van der Waals surface area contributed by atoms with Crippen LogP contribution in [-0.4, -0.2) is 49.8 Å². The van der Waals surface area contributed by atoms with Crippen molar-refractivity contribution >= 4 is 33.1 Å². The van der Waals surface area contributed by atoms with Gasteiger partial charge in [-0.1, -0.05) is 61.5 Å². The van der Waals surface area contributed by atoms with Crippen LogP contribution in [0, 0.1) is 6.92 Å². The number of allylic oxidation sites excluding steroid dienone is 1. The van der Waals surface area contributed by atoms with Crippen LogP contribution in [0.15, 0.2) is 90.1 Å². The molecule has 1 aliphatic heterocycles. The van der Waals surface area contributed by atoms with Gasteiger partial charge in [0.1, 0.15) is 0 Å². The molecule has 9 heteroatoms. The van der Waals surface area contributed by atoms with Gasteiger partial charge in [0, 0.05) is 48.7 Å². The van der Waals surface area contributed by atoms with E-state index in [1.165, 1.54) is 5.56 Å². The third-order valence-electron chi connectivity index (χ3n) is 6.73.